The summed E-state index contributed by atoms with van der Waals surface area (Å²) in [6.45, 7) is 1.96. The molecule has 0 aliphatic heterocycles. The van der Waals surface area contributed by atoms with E-state index in [0.717, 1.165) is 11.1 Å². The highest BCUT2D eigenvalue weighted by atomic mass is 32.2. The molecule has 0 bridgehead atoms. The molecule has 7 heteroatoms. The second-order valence-corrected chi connectivity index (χ2v) is 6.60. The molecule has 0 saturated heterocycles. The lowest BCUT2D eigenvalue weighted by Crippen LogP contribution is -2.27. The van der Waals surface area contributed by atoms with Crippen LogP contribution < -0.4 is 10.5 Å². The zero-order chi connectivity index (χ0) is 16.9. The van der Waals surface area contributed by atoms with E-state index in [1.807, 2.05) is 30.3 Å². The fourth-order valence-corrected chi connectivity index (χ4v) is 2.49. The molecule has 0 saturated carbocycles. The van der Waals surface area contributed by atoms with E-state index >= 15 is 0 Å². The smallest absolute Gasteiger partial charge is 0.407 e. The van der Waals surface area contributed by atoms with Crippen LogP contribution in [0.1, 0.15) is 24.1 Å². The summed E-state index contributed by atoms with van der Waals surface area (Å²) in [6, 6.07) is 15.0. The maximum Gasteiger partial charge on any atom is 0.407 e. The minimum atomic E-state index is -3.72. The number of alkyl carbamates (subject to hydrolysis) is 1. The Bertz CT molecular complexity index is 758. The molecule has 0 aromatic heterocycles. The normalized spacial score (nSPS) is 12.4. The summed E-state index contributed by atoms with van der Waals surface area (Å²) >= 11 is 0. The molecular formula is C16H18N2O4S. The van der Waals surface area contributed by atoms with Crippen LogP contribution in [0.4, 0.5) is 4.79 Å². The molecule has 1 atom stereocenters. The van der Waals surface area contributed by atoms with Crippen molar-refractivity contribution in [3.8, 4) is 0 Å². The van der Waals surface area contributed by atoms with Gasteiger partial charge in [0.2, 0.25) is 10.0 Å². The van der Waals surface area contributed by atoms with Crippen molar-refractivity contribution in [1.29, 1.82) is 0 Å². The minimum Gasteiger partial charge on any atom is -0.445 e. The predicted molar refractivity (Wildman–Crippen MR) is 86.0 cm³/mol. The number of amides is 1. The van der Waals surface area contributed by atoms with Crippen molar-refractivity contribution in [2.75, 3.05) is 0 Å². The van der Waals surface area contributed by atoms with Gasteiger partial charge in [-0.15, -0.1) is 0 Å². The molecule has 0 aliphatic carbocycles. The Labute approximate surface area is 135 Å². The molecule has 2 aromatic carbocycles. The van der Waals surface area contributed by atoms with Gasteiger partial charge in [-0.3, -0.25) is 0 Å². The number of ether oxygens (including phenoxy) is 1. The lowest BCUT2D eigenvalue weighted by atomic mass is 10.1. The van der Waals surface area contributed by atoms with Crippen LogP contribution in [0, 0.1) is 0 Å². The fourth-order valence-electron chi connectivity index (χ4n) is 1.97. The van der Waals surface area contributed by atoms with Crippen LogP contribution >= 0.6 is 0 Å². The van der Waals surface area contributed by atoms with Crippen LogP contribution in [0.3, 0.4) is 0 Å². The summed E-state index contributed by atoms with van der Waals surface area (Å²) in [5, 5.41) is 7.72. The Morgan fingerprint density at radius 3 is 2.30 bits per heavy atom. The summed E-state index contributed by atoms with van der Waals surface area (Å²) in [7, 11) is -3.72. The molecule has 0 fully saturated rings. The minimum absolute atomic E-state index is 0.0279. The Kier molecular flexibility index (Phi) is 5.36. The van der Waals surface area contributed by atoms with E-state index in [1.54, 1.807) is 19.1 Å². The molecule has 0 spiro atoms. The monoisotopic (exact) mass is 334 g/mol. The number of primary sulfonamides is 1. The third kappa shape index (κ3) is 5.08. The number of hydrogen-bond donors (Lipinski definition) is 2. The van der Waals surface area contributed by atoms with Crippen LogP contribution in [0.5, 0.6) is 0 Å². The van der Waals surface area contributed by atoms with Gasteiger partial charge in [0.05, 0.1) is 10.9 Å². The standard InChI is InChI=1S/C16H18N2O4S/c1-12(14-7-9-15(10-8-14)23(17,20)21)18-16(19)22-11-13-5-3-2-4-6-13/h2-10,12H,11H2,1H3,(H,18,19)(H2,17,20,21)/t12-/m0/s1. The zero-order valence-corrected chi connectivity index (χ0v) is 13.4. The first-order valence-corrected chi connectivity index (χ1v) is 8.51. The van der Waals surface area contributed by atoms with Gasteiger partial charge in [-0.05, 0) is 30.2 Å². The summed E-state index contributed by atoms with van der Waals surface area (Å²) in [5.41, 5.74) is 1.64. The Balaban J connectivity index is 1.90. The number of benzene rings is 2. The highest BCUT2D eigenvalue weighted by molar-refractivity contribution is 7.89. The van der Waals surface area contributed by atoms with Crippen molar-refractivity contribution >= 4 is 16.1 Å². The molecule has 0 aliphatic rings. The van der Waals surface area contributed by atoms with Crippen LogP contribution in [-0.2, 0) is 21.4 Å². The number of carbonyl (C=O) groups is 1. The number of sulfonamides is 1. The van der Waals surface area contributed by atoms with Gasteiger partial charge in [-0.25, -0.2) is 18.4 Å². The van der Waals surface area contributed by atoms with E-state index in [9.17, 15) is 13.2 Å². The van der Waals surface area contributed by atoms with E-state index in [4.69, 9.17) is 9.88 Å². The first-order chi connectivity index (χ1) is 10.9. The van der Waals surface area contributed by atoms with Crippen molar-refractivity contribution in [1.82, 2.24) is 5.32 Å². The molecule has 6 nitrogen and oxygen atoms in total. The third-order valence-corrected chi connectivity index (χ3v) is 4.18. The summed E-state index contributed by atoms with van der Waals surface area (Å²) in [5.74, 6) is 0. The molecule has 23 heavy (non-hydrogen) atoms. The van der Waals surface area contributed by atoms with E-state index in [1.165, 1.54) is 12.1 Å². The van der Waals surface area contributed by atoms with E-state index < -0.39 is 16.1 Å². The topological polar surface area (TPSA) is 98.5 Å². The van der Waals surface area contributed by atoms with E-state index in [2.05, 4.69) is 5.32 Å². The Morgan fingerprint density at radius 2 is 1.74 bits per heavy atom. The second-order valence-electron chi connectivity index (χ2n) is 5.04. The zero-order valence-electron chi connectivity index (χ0n) is 12.6. The predicted octanol–water partition coefficient (Wildman–Crippen LogP) is 2.32. The maximum absolute atomic E-state index is 11.8. The molecule has 1 amide bonds. The molecule has 0 unspecified atom stereocenters. The van der Waals surface area contributed by atoms with Gasteiger partial charge in [-0.2, -0.15) is 0 Å². The summed E-state index contributed by atoms with van der Waals surface area (Å²) in [4.78, 5) is 11.8. The second kappa shape index (κ2) is 7.26. The van der Waals surface area contributed by atoms with Crippen LogP contribution in [0.2, 0.25) is 0 Å². The highest BCUT2D eigenvalue weighted by Crippen LogP contribution is 2.15. The first kappa shape index (κ1) is 17.0. The van der Waals surface area contributed by atoms with Crippen molar-refractivity contribution < 1.29 is 17.9 Å². The lowest BCUT2D eigenvalue weighted by molar-refractivity contribution is 0.136. The van der Waals surface area contributed by atoms with Gasteiger partial charge in [0.1, 0.15) is 6.61 Å². The van der Waals surface area contributed by atoms with Gasteiger partial charge >= 0.3 is 6.09 Å². The van der Waals surface area contributed by atoms with Gasteiger partial charge < -0.3 is 10.1 Å². The summed E-state index contributed by atoms with van der Waals surface area (Å²) in [6.07, 6.45) is -0.545. The molecule has 0 heterocycles. The third-order valence-electron chi connectivity index (χ3n) is 3.26. The lowest BCUT2D eigenvalue weighted by Gasteiger charge is -2.14. The summed E-state index contributed by atoms with van der Waals surface area (Å²) < 4.78 is 27.5. The van der Waals surface area contributed by atoms with Crippen molar-refractivity contribution in [3.63, 3.8) is 0 Å². The molecule has 0 radical (unpaired) electrons. The average molecular weight is 334 g/mol. The number of nitrogens with one attached hydrogen (secondary N) is 1. The SMILES string of the molecule is C[C@H](NC(=O)OCc1ccccc1)c1ccc(S(N)(=O)=O)cc1. The number of rotatable bonds is 5. The quantitative estimate of drug-likeness (QED) is 0.876. The highest BCUT2D eigenvalue weighted by Gasteiger charge is 2.12. The van der Waals surface area contributed by atoms with E-state index in [-0.39, 0.29) is 17.5 Å². The Hall–Kier alpha value is -2.38. The van der Waals surface area contributed by atoms with Crippen LogP contribution in [-0.4, -0.2) is 14.5 Å². The van der Waals surface area contributed by atoms with Gasteiger partial charge in [-0.1, -0.05) is 42.5 Å². The number of nitrogens with two attached hydrogens (primary N) is 1. The van der Waals surface area contributed by atoms with Crippen molar-refractivity contribution in [3.05, 3.63) is 65.7 Å². The van der Waals surface area contributed by atoms with Crippen molar-refractivity contribution in [2.45, 2.75) is 24.5 Å². The number of carbonyl (C=O) groups excluding carboxylic acids is 1. The Morgan fingerprint density at radius 1 is 1.13 bits per heavy atom. The van der Waals surface area contributed by atoms with Gasteiger partial charge in [0.25, 0.3) is 0 Å². The van der Waals surface area contributed by atoms with E-state index in [0.29, 0.717) is 0 Å². The molecule has 3 N–H and O–H groups in total. The first-order valence-electron chi connectivity index (χ1n) is 6.96. The average Bonchev–Trinajstić information content (AvgIpc) is 2.53. The van der Waals surface area contributed by atoms with Crippen LogP contribution in [0.25, 0.3) is 0 Å². The molecule has 2 aromatic rings. The maximum atomic E-state index is 11.8. The molecular weight excluding hydrogens is 316 g/mol. The van der Waals surface area contributed by atoms with Gasteiger partial charge in [0.15, 0.2) is 0 Å². The number of hydrogen-bond acceptors (Lipinski definition) is 4. The largest absolute Gasteiger partial charge is 0.445 e. The van der Waals surface area contributed by atoms with Crippen LogP contribution in [0.15, 0.2) is 59.5 Å². The fraction of sp³-hybridized carbons (Fsp3) is 0.188. The molecule has 2 rings (SSSR count). The molecule has 122 valence electrons. The van der Waals surface area contributed by atoms with Gasteiger partial charge in [0, 0.05) is 0 Å². The van der Waals surface area contributed by atoms with Crippen molar-refractivity contribution in [2.24, 2.45) is 5.14 Å².